The van der Waals surface area contributed by atoms with Gasteiger partial charge in [-0.25, -0.2) is 0 Å². The van der Waals surface area contributed by atoms with Crippen LogP contribution in [0.25, 0.3) is 0 Å². The second-order valence-electron chi connectivity index (χ2n) is 4.69. The molecular weight excluding hydrogens is 146 g/mol. The van der Waals surface area contributed by atoms with E-state index in [0.717, 1.165) is 5.92 Å². The van der Waals surface area contributed by atoms with E-state index in [9.17, 15) is 0 Å². The summed E-state index contributed by atoms with van der Waals surface area (Å²) in [6.07, 6.45) is 4.09. The highest BCUT2D eigenvalue weighted by molar-refractivity contribution is 4.91. The van der Waals surface area contributed by atoms with E-state index in [2.05, 4.69) is 32.7 Å². The molecule has 0 bridgehead atoms. The van der Waals surface area contributed by atoms with Crippen LogP contribution in [0.4, 0.5) is 0 Å². The molecule has 0 saturated carbocycles. The standard InChI is InChI=1S/C11H23N/c1-5-7-10-8-12(4)9-11(10,3)6-2/h10H,5-9H2,1-4H3/t10?,11-/m1/s1. The van der Waals surface area contributed by atoms with E-state index in [0.29, 0.717) is 5.41 Å². The van der Waals surface area contributed by atoms with E-state index >= 15 is 0 Å². The Labute approximate surface area is 77.1 Å². The normalized spacial score (nSPS) is 37.5. The van der Waals surface area contributed by atoms with Crippen molar-refractivity contribution in [2.24, 2.45) is 11.3 Å². The van der Waals surface area contributed by atoms with E-state index in [-0.39, 0.29) is 0 Å². The van der Waals surface area contributed by atoms with Crippen LogP contribution in [0, 0.1) is 11.3 Å². The van der Waals surface area contributed by atoms with Gasteiger partial charge in [0.25, 0.3) is 0 Å². The molecule has 1 heteroatoms. The van der Waals surface area contributed by atoms with Gasteiger partial charge in [0.1, 0.15) is 0 Å². The van der Waals surface area contributed by atoms with Gasteiger partial charge in [-0.05, 0) is 31.2 Å². The van der Waals surface area contributed by atoms with E-state index in [1.165, 1.54) is 32.4 Å². The molecule has 0 amide bonds. The van der Waals surface area contributed by atoms with Crippen molar-refractivity contribution >= 4 is 0 Å². The molecule has 0 spiro atoms. The van der Waals surface area contributed by atoms with Crippen molar-refractivity contribution in [2.45, 2.75) is 40.0 Å². The Morgan fingerprint density at radius 2 is 2.08 bits per heavy atom. The second kappa shape index (κ2) is 3.78. The number of nitrogens with zero attached hydrogens (tertiary/aromatic N) is 1. The van der Waals surface area contributed by atoms with Gasteiger partial charge < -0.3 is 4.90 Å². The van der Waals surface area contributed by atoms with Crippen molar-refractivity contribution in [3.05, 3.63) is 0 Å². The van der Waals surface area contributed by atoms with Crippen LogP contribution in [-0.2, 0) is 0 Å². The van der Waals surface area contributed by atoms with E-state index in [1.54, 1.807) is 0 Å². The van der Waals surface area contributed by atoms with Gasteiger partial charge in [-0.15, -0.1) is 0 Å². The topological polar surface area (TPSA) is 3.24 Å². The first kappa shape index (κ1) is 10.0. The Morgan fingerprint density at radius 3 is 2.58 bits per heavy atom. The second-order valence-corrected chi connectivity index (χ2v) is 4.69. The predicted octanol–water partition coefficient (Wildman–Crippen LogP) is 2.76. The summed E-state index contributed by atoms with van der Waals surface area (Å²) in [5.74, 6) is 0.942. The van der Waals surface area contributed by atoms with Crippen LogP contribution in [0.15, 0.2) is 0 Å². The fourth-order valence-electron chi connectivity index (χ4n) is 2.60. The van der Waals surface area contributed by atoms with Gasteiger partial charge in [0.05, 0.1) is 0 Å². The summed E-state index contributed by atoms with van der Waals surface area (Å²) in [5, 5.41) is 0. The molecule has 0 aromatic carbocycles. The summed E-state index contributed by atoms with van der Waals surface area (Å²) in [4.78, 5) is 2.49. The maximum absolute atomic E-state index is 2.49. The Kier molecular flexibility index (Phi) is 3.16. The molecule has 1 aliphatic rings. The predicted molar refractivity (Wildman–Crippen MR) is 54.3 cm³/mol. The molecule has 0 aliphatic carbocycles. The zero-order valence-corrected chi connectivity index (χ0v) is 9.06. The molecule has 12 heavy (non-hydrogen) atoms. The van der Waals surface area contributed by atoms with Crippen molar-refractivity contribution in [1.29, 1.82) is 0 Å². The first-order chi connectivity index (χ1) is 5.62. The molecular formula is C11H23N. The lowest BCUT2D eigenvalue weighted by molar-refractivity contribution is 0.227. The monoisotopic (exact) mass is 169 g/mol. The van der Waals surface area contributed by atoms with Crippen LogP contribution in [0.1, 0.15) is 40.0 Å². The van der Waals surface area contributed by atoms with Crippen molar-refractivity contribution < 1.29 is 0 Å². The van der Waals surface area contributed by atoms with Crippen molar-refractivity contribution in [1.82, 2.24) is 4.90 Å². The minimum absolute atomic E-state index is 0.602. The third-order valence-corrected chi connectivity index (χ3v) is 3.59. The summed E-state index contributed by atoms with van der Waals surface area (Å²) in [7, 11) is 2.25. The van der Waals surface area contributed by atoms with Gasteiger partial charge in [-0.1, -0.05) is 27.2 Å². The zero-order chi connectivity index (χ0) is 9.19. The maximum Gasteiger partial charge on any atom is 0.00354 e. The average Bonchev–Trinajstić information content (AvgIpc) is 2.29. The number of hydrogen-bond donors (Lipinski definition) is 0. The highest BCUT2D eigenvalue weighted by Crippen LogP contribution is 2.40. The third-order valence-electron chi connectivity index (χ3n) is 3.59. The summed E-state index contributed by atoms with van der Waals surface area (Å²) in [5.41, 5.74) is 0.602. The van der Waals surface area contributed by atoms with Gasteiger partial charge in [-0.2, -0.15) is 0 Å². The quantitative estimate of drug-likeness (QED) is 0.628. The van der Waals surface area contributed by atoms with Gasteiger partial charge >= 0.3 is 0 Å². The number of rotatable bonds is 3. The van der Waals surface area contributed by atoms with Crippen LogP contribution in [0.3, 0.4) is 0 Å². The molecule has 1 rings (SSSR count). The van der Waals surface area contributed by atoms with Crippen molar-refractivity contribution in [3.63, 3.8) is 0 Å². The van der Waals surface area contributed by atoms with E-state index < -0.39 is 0 Å². The zero-order valence-electron chi connectivity index (χ0n) is 9.06. The maximum atomic E-state index is 2.49. The minimum atomic E-state index is 0.602. The summed E-state index contributed by atoms with van der Waals surface area (Å²) in [6.45, 7) is 9.71. The van der Waals surface area contributed by atoms with Crippen LogP contribution in [0.2, 0.25) is 0 Å². The van der Waals surface area contributed by atoms with Gasteiger partial charge in [0, 0.05) is 13.1 Å². The summed E-state index contributed by atoms with van der Waals surface area (Å²) >= 11 is 0. The highest BCUT2D eigenvalue weighted by Gasteiger charge is 2.38. The van der Waals surface area contributed by atoms with Crippen molar-refractivity contribution in [3.8, 4) is 0 Å². The van der Waals surface area contributed by atoms with Crippen LogP contribution >= 0.6 is 0 Å². The van der Waals surface area contributed by atoms with Gasteiger partial charge in [0.2, 0.25) is 0 Å². The molecule has 72 valence electrons. The lowest BCUT2D eigenvalue weighted by Gasteiger charge is -2.29. The van der Waals surface area contributed by atoms with Crippen molar-refractivity contribution in [2.75, 3.05) is 20.1 Å². The lowest BCUT2D eigenvalue weighted by Crippen LogP contribution is -2.25. The summed E-state index contributed by atoms with van der Waals surface area (Å²) in [6, 6.07) is 0. The molecule has 0 aromatic heterocycles. The third kappa shape index (κ3) is 1.82. The van der Waals surface area contributed by atoms with E-state index in [1.807, 2.05) is 0 Å². The van der Waals surface area contributed by atoms with Gasteiger partial charge in [0.15, 0.2) is 0 Å². The van der Waals surface area contributed by atoms with Crippen LogP contribution < -0.4 is 0 Å². The first-order valence-corrected chi connectivity index (χ1v) is 5.31. The minimum Gasteiger partial charge on any atom is -0.306 e. The van der Waals surface area contributed by atoms with E-state index in [4.69, 9.17) is 0 Å². The molecule has 1 unspecified atom stereocenters. The fourth-order valence-corrected chi connectivity index (χ4v) is 2.60. The molecule has 2 atom stereocenters. The van der Waals surface area contributed by atoms with Crippen LogP contribution in [-0.4, -0.2) is 25.0 Å². The molecule has 0 aromatic rings. The first-order valence-electron chi connectivity index (χ1n) is 5.31. The Morgan fingerprint density at radius 1 is 1.42 bits per heavy atom. The Hall–Kier alpha value is -0.0400. The summed E-state index contributed by atoms with van der Waals surface area (Å²) < 4.78 is 0. The smallest absolute Gasteiger partial charge is 0.00354 e. The number of likely N-dealkylation sites (tertiary alicyclic amines) is 1. The molecule has 1 saturated heterocycles. The largest absolute Gasteiger partial charge is 0.306 e. The van der Waals surface area contributed by atoms with Gasteiger partial charge in [-0.3, -0.25) is 0 Å². The Balaban J connectivity index is 2.58. The number of hydrogen-bond acceptors (Lipinski definition) is 1. The molecule has 1 fully saturated rings. The van der Waals surface area contributed by atoms with Crippen LogP contribution in [0.5, 0.6) is 0 Å². The average molecular weight is 169 g/mol. The molecule has 1 heterocycles. The fraction of sp³-hybridized carbons (Fsp3) is 1.00. The Bertz CT molecular complexity index is 144. The lowest BCUT2D eigenvalue weighted by atomic mass is 9.76. The molecule has 1 nitrogen and oxygen atoms in total. The SMILES string of the molecule is CCCC1CN(C)C[C@@]1(C)CC. The molecule has 0 N–H and O–H groups in total. The molecule has 1 aliphatic heterocycles. The highest BCUT2D eigenvalue weighted by atomic mass is 15.1. The molecule has 0 radical (unpaired) electrons.